The second-order valence-corrected chi connectivity index (χ2v) is 1.93. The predicted octanol–water partition coefficient (Wildman–Crippen LogP) is 2.44. The second-order valence-electron chi connectivity index (χ2n) is 1.67. The lowest BCUT2D eigenvalue weighted by Gasteiger charge is -1.73. The number of hydrogen-bond donors (Lipinski definition) is 0. The number of rotatable bonds is 3. The summed E-state index contributed by atoms with van der Waals surface area (Å²) >= 11 is 5.22. The Balaban J connectivity index is 3.62. The Morgan fingerprint density at radius 2 is 1.80 bits per heavy atom. The van der Waals surface area contributed by atoms with Gasteiger partial charge in [-0.3, -0.25) is 4.79 Å². The van der Waals surface area contributed by atoms with Crippen LogP contribution in [0.15, 0.2) is 35.9 Å². The molecule has 0 rings (SSSR count). The monoisotopic (exact) mass is 156 g/mol. The van der Waals surface area contributed by atoms with E-state index in [1.807, 2.05) is 0 Å². The normalized spacial score (nSPS) is 12.2. The summed E-state index contributed by atoms with van der Waals surface area (Å²) in [7, 11) is 0. The van der Waals surface area contributed by atoms with Crippen molar-refractivity contribution in [1.29, 1.82) is 0 Å². The molecule has 0 aromatic carbocycles. The Bertz CT molecular complexity index is 178. The first-order valence-corrected chi connectivity index (χ1v) is 3.31. The van der Waals surface area contributed by atoms with Gasteiger partial charge in [-0.2, -0.15) is 0 Å². The molecule has 0 N–H and O–H groups in total. The molecule has 10 heavy (non-hydrogen) atoms. The maximum Gasteiger partial charge on any atom is 0.152 e. The minimum Gasteiger partial charge on any atom is -0.295 e. The van der Waals surface area contributed by atoms with Crippen LogP contribution in [0.3, 0.4) is 0 Å². The van der Waals surface area contributed by atoms with Gasteiger partial charge in [-0.05, 0) is 13.0 Å². The molecule has 0 atom stereocenters. The molecular formula is C8H9ClO. The number of ketones is 1. The number of allylic oxidation sites excluding steroid dienone is 5. The topological polar surface area (TPSA) is 17.1 Å². The Kier molecular flexibility index (Phi) is 5.79. The first kappa shape index (κ1) is 9.18. The van der Waals surface area contributed by atoms with Crippen LogP contribution in [-0.2, 0) is 4.79 Å². The van der Waals surface area contributed by atoms with Crippen LogP contribution in [0.25, 0.3) is 0 Å². The van der Waals surface area contributed by atoms with Crippen LogP contribution < -0.4 is 0 Å². The lowest BCUT2D eigenvalue weighted by atomic mass is 10.3. The molecule has 0 spiro atoms. The van der Waals surface area contributed by atoms with Crippen LogP contribution in [0.2, 0.25) is 0 Å². The molecule has 0 aromatic rings. The van der Waals surface area contributed by atoms with Gasteiger partial charge in [0.05, 0.1) is 0 Å². The van der Waals surface area contributed by atoms with Gasteiger partial charge in [0.2, 0.25) is 0 Å². The average Bonchev–Trinajstić information content (AvgIpc) is 1.87. The van der Waals surface area contributed by atoms with E-state index in [0.717, 1.165) is 0 Å². The molecule has 0 saturated carbocycles. The summed E-state index contributed by atoms with van der Waals surface area (Å²) in [6, 6.07) is 0. The van der Waals surface area contributed by atoms with Gasteiger partial charge in [0.1, 0.15) is 0 Å². The SMILES string of the molecule is CC(=O)/C=C/C=C/C=C\Cl. The summed E-state index contributed by atoms with van der Waals surface area (Å²) in [5.74, 6) is 0.0412. The Labute approximate surface area is 65.7 Å². The molecule has 0 aliphatic rings. The zero-order chi connectivity index (χ0) is 7.82. The smallest absolute Gasteiger partial charge is 0.152 e. The lowest BCUT2D eigenvalue weighted by molar-refractivity contribution is -0.112. The van der Waals surface area contributed by atoms with Crippen LogP contribution in [0, 0.1) is 0 Å². The summed E-state index contributed by atoms with van der Waals surface area (Å²) in [5.41, 5.74) is 1.40. The van der Waals surface area contributed by atoms with Crippen molar-refractivity contribution < 1.29 is 4.79 Å². The molecule has 54 valence electrons. The highest BCUT2D eigenvalue weighted by atomic mass is 35.5. The van der Waals surface area contributed by atoms with E-state index in [2.05, 4.69) is 0 Å². The van der Waals surface area contributed by atoms with Crippen LogP contribution in [-0.4, -0.2) is 5.78 Å². The largest absolute Gasteiger partial charge is 0.295 e. The molecule has 0 fully saturated rings. The molecule has 0 unspecified atom stereocenters. The van der Waals surface area contributed by atoms with Gasteiger partial charge >= 0.3 is 0 Å². The molecule has 0 amide bonds. The zero-order valence-electron chi connectivity index (χ0n) is 5.75. The molecule has 0 aromatic heterocycles. The van der Waals surface area contributed by atoms with E-state index in [1.54, 1.807) is 24.3 Å². The van der Waals surface area contributed by atoms with Crippen LogP contribution >= 0.6 is 11.6 Å². The van der Waals surface area contributed by atoms with Gasteiger partial charge in [0.25, 0.3) is 0 Å². The van der Waals surface area contributed by atoms with Crippen molar-refractivity contribution in [3.8, 4) is 0 Å². The van der Waals surface area contributed by atoms with E-state index >= 15 is 0 Å². The molecule has 1 nitrogen and oxygen atoms in total. The third kappa shape index (κ3) is 7.18. The highest BCUT2D eigenvalue weighted by molar-refractivity contribution is 6.25. The summed E-state index contributed by atoms with van der Waals surface area (Å²) < 4.78 is 0. The zero-order valence-corrected chi connectivity index (χ0v) is 6.51. The number of hydrogen-bond acceptors (Lipinski definition) is 1. The van der Waals surface area contributed by atoms with E-state index in [9.17, 15) is 4.79 Å². The Morgan fingerprint density at radius 3 is 2.30 bits per heavy atom. The highest BCUT2D eigenvalue weighted by Crippen LogP contribution is 1.82. The lowest BCUT2D eigenvalue weighted by Crippen LogP contribution is -1.77. The summed E-state index contributed by atoms with van der Waals surface area (Å²) in [6.45, 7) is 1.50. The van der Waals surface area contributed by atoms with E-state index < -0.39 is 0 Å². The van der Waals surface area contributed by atoms with Crippen molar-refractivity contribution in [2.45, 2.75) is 6.92 Å². The van der Waals surface area contributed by atoms with E-state index in [0.29, 0.717) is 0 Å². The summed E-state index contributed by atoms with van der Waals surface area (Å²) in [4.78, 5) is 10.3. The average molecular weight is 157 g/mol. The van der Waals surface area contributed by atoms with Crippen molar-refractivity contribution in [1.82, 2.24) is 0 Å². The summed E-state index contributed by atoms with van der Waals surface area (Å²) in [6.07, 6.45) is 8.30. The van der Waals surface area contributed by atoms with Crippen molar-refractivity contribution in [2.24, 2.45) is 0 Å². The standard InChI is InChI=1S/C8H9ClO/c1-8(10)6-4-2-3-5-7-9/h2-7H,1H3/b3-2+,6-4+,7-5-. The van der Waals surface area contributed by atoms with Crippen molar-refractivity contribution >= 4 is 17.4 Å². The fourth-order valence-corrected chi connectivity index (χ4v) is 0.445. The van der Waals surface area contributed by atoms with Crippen molar-refractivity contribution in [2.75, 3.05) is 0 Å². The van der Waals surface area contributed by atoms with Gasteiger partial charge in [-0.25, -0.2) is 0 Å². The molecular weight excluding hydrogens is 148 g/mol. The van der Waals surface area contributed by atoms with E-state index in [-0.39, 0.29) is 5.78 Å². The fourth-order valence-electron chi connectivity index (χ4n) is 0.361. The quantitative estimate of drug-likeness (QED) is 0.453. The first-order valence-electron chi connectivity index (χ1n) is 2.88. The van der Waals surface area contributed by atoms with Crippen LogP contribution in [0.5, 0.6) is 0 Å². The minimum absolute atomic E-state index is 0.0412. The number of halogens is 1. The molecule has 0 aliphatic heterocycles. The molecule has 2 heteroatoms. The van der Waals surface area contributed by atoms with Crippen molar-refractivity contribution in [3.63, 3.8) is 0 Å². The van der Waals surface area contributed by atoms with Gasteiger partial charge in [0.15, 0.2) is 5.78 Å². The Hall–Kier alpha value is -0.820. The Morgan fingerprint density at radius 1 is 1.20 bits per heavy atom. The van der Waals surface area contributed by atoms with Gasteiger partial charge < -0.3 is 0 Å². The molecule has 0 radical (unpaired) electrons. The van der Waals surface area contributed by atoms with Crippen molar-refractivity contribution in [3.05, 3.63) is 35.9 Å². The molecule has 0 saturated heterocycles. The summed E-state index contributed by atoms with van der Waals surface area (Å²) in [5, 5.41) is 0. The molecule has 0 aliphatic carbocycles. The second kappa shape index (κ2) is 6.30. The minimum atomic E-state index is 0.0412. The van der Waals surface area contributed by atoms with Crippen LogP contribution in [0.4, 0.5) is 0 Å². The fraction of sp³-hybridized carbons (Fsp3) is 0.125. The third-order valence-electron chi connectivity index (χ3n) is 0.737. The highest BCUT2D eigenvalue weighted by Gasteiger charge is 1.75. The predicted molar refractivity (Wildman–Crippen MR) is 44.0 cm³/mol. The number of carbonyl (C=O) groups is 1. The van der Waals surface area contributed by atoms with Gasteiger partial charge in [0, 0.05) is 5.54 Å². The van der Waals surface area contributed by atoms with E-state index in [4.69, 9.17) is 11.6 Å². The maximum atomic E-state index is 10.3. The first-order chi connectivity index (χ1) is 4.77. The van der Waals surface area contributed by atoms with E-state index in [1.165, 1.54) is 18.5 Å². The van der Waals surface area contributed by atoms with Gasteiger partial charge in [-0.1, -0.05) is 35.9 Å². The third-order valence-corrected chi connectivity index (χ3v) is 0.882. The number of carbonyl (C=O) groups excluding carboxylic acids is 1. The van der Waals surface area contributed by atoms with Gasteiger partial charge in [-0.15, -0.1) is 0 Å². The molecule has 0 bridgehead atoms. The maximum absolute atomic E-state index is 10.3. The van der Waals surface area contributed by atoms with Crippen LogP contribution in [0.1, 0.15) is 6.92 Å². The molecule has 0 heterocycles.